The van der Waals surface area contributed by atoms with Crippen molar-refractivity contribution in [2.45, 2.75) is 51.2 Å². The number of carbonyl (C=O) groups excluding carboxylic acids is 1. The molecule has 11 nitrogen and oxygen atoms in total. The van der Waals surface area contributed by atoms with E-state index < -0.39 is 0 Å². The fraction of sp³-hybridized carbons (Fsp3) is 0.467. The van der Waals surface area contributed by atoms with Crippen LogP contribution in [0.5, 0.6) is 0 Å². The summed E-state index contributed by atoms with van der Waals surface area (Å²) in [5, 5.41) is 13.7. The Bertz CT molecular complexity index is 1220. The fourth-order valence-electron chi connectivity index (χ4n) is 4.51. The van der Waals surface area contributed by atoms with E-state index in [1.54, 1.807) is 12.1 Å². The molecule has 0 spiro atoms. The van der Waals surface area contributed by atoms with Crippen LogP contribution in [0.1, 0.15) is 53.6 Å². The third-order valence-electron chi connectivity index (χ3n) is 6.77. The molecule has 0 radical (unpaired) electrons. The predicted octanol–water partition coefficient (Wildman–Crippen LogP) is 4.22. The molecule has 226 valence electrons. The van der Waals surface area contributed by atoms with E-state index in [2.05, 4.69) is 36.2 Å². The minimum absolute atomic E-state index is 0.148. The number of hydrogen-bond donors (Lipinski definition) is 5. The zero-order chi connectivity index (χ0) is 29.4. The zero-order valence-corrected chi connectivity index (χ0v) is 24.7. The van der Waals surface area contributed by atoms with E-state index in [1.807, 2.05) is 36.4 Å². The van der Waals surface area contributed by atoms with Crippen molar-refractivity contribution in [2.75, 3.05) is 55.5 Å². The Kier molecular flexibility index (Phi) is 13.1. The van der Waals surface area contributed by atoms with Gasteiger partial charge in [-0.1, -0.05) is 55.1 Å². The first kappa shape index (κ1) is 31.4. The van der Waals surface area contributed by atoms with Crippen LogP contribution < -0.4 is 27.0 Å². The Morgan fingerprint density at radius 1 is 0.786 bits per heavy atom. The second-order valence-electron chi connectivity index (χ2n) is 10.1. The predicted molar refractivity (Wildman–Crippen MR) is 166 cm³/mol. The van der Waals surface area contributed by atoms with Crippen LogP contribution in [0.4, 0.5) is 17.8 Å². The Labute approximate surface area is 252 Å². The van der Waals surface area contributed by atoms with Gasteiger partial charge in [0, 0.05) is 42.8 Å². The molecule has 2 aromatic carbocycles. The lowest BCUT2D eigenvalue weighted by molar-refractivity contribution is 0.0511. The number of carbonyl (C=O) groups is 1. The van der Waals surface area contributed by atoms with Gasteiger partial charge < -0.3 is 36.5 Å². The monoisotopic (exact) mass is 596 g/mol. The molecule has 1 amide bonds. The first-order valence-electron chi connectivity index (χ1n) is 14.6. The molecule has 1 saturated carbocycles. The van der Waals surface area contributed by atoms with Crippen molar-refractivity contribution >= 4 is 35.4 Å². The second-order valence-corrected chi connectivity index (χ2v) is 10.5. The molecule has 6 N–H and O–H groups in total. The van der Waals surface area contributed by atoms with Gasteiger partial charge in [-0.15, -0.1) is 0 Å². The third kappa shape index (κ3) is 11.1. The van der Waals surface area contributed by atoms with Crippen LogP contribution >= 0.6 is 11.6 Å². The van der Waals surface area contributed by atoms with Gasteiger partial charge in [-0.2, -0.15) is 15.0 Å². The van der Waals surface area contributed by atoms with E-state index in [1.165, 1.54) is 19.3 Å². The van der Waals surface area contributed by atoms with Crippen molar-refractivity contribution in [1.82, 2.24) is 20.3 Å². The molecule has 0 bridgehead atoms. The van der Waals surface area contributed by atoms with Crippen LogP contribution in [-0.4, -0.2) is 66.4 Å². The molecular weight excluding hydrogens is 556 g/mol. The standard InChI is InChI=1S/C30H41ClN8O3/c31-25-12-8-23(9-13-25)21-35-29-37-28(38-30(39-29)36-26-4-2-1-3-5-26)34-20-22-6-10-24(11-7-22)27(40)33-15-17-42-19-18-41-16-14-32/h6-13,26H,1-5,14-21,32H2,(H,33,40)(H3,34,35,36,37,38,39). The summed E-state index contributed by atoms with van der Waals surface area (Å²) in [6.45, 7) is 3.86. The minimum Gasteiger partial charge on any atom is -0.378 e. The molecule has 12 heteroatoms. The van der Waals surface area contributed by atoms with Crippen LogP contribution in [-0.2, 0) is 22.6 Å². The molecule has 0 saturated heterocycles. The number of rotatable bonds is 17. The summed E-state index contributed by atoms with van der Waals surface area (Å²) in [6.07, 6.45) is 5.92. The van der Waals surface area contributed by atoms with Gasteiger partial charge in [0.2, 0.25) is 17.8 Å². The van der Waals surface area contributed by atoms with E-state index in [9.17, 15) is 4.79 Å². The average Bonchev–Trinajstić information content (AvgIpc) is 3.01. The highest BCUT2D eigenvalue weighted by atomic mass is 35.5. The maximum absolute atomic E-state index is 12.5. The lowest BCUT2D eigenvalue weighted by atomic mass is 9.96. The maximum Gasteiger partial charge on any atom is 0.251 e. The minimum atomic E-state index is -0.148. The van der Waals surface area contributed by atoms with Crippen molar-refractivity contribution < 1.29 is 14.3 Å². The quantitative estimate of drug-likeness (QED) is 0.143. The van der Waals surface area contributed by atoms with Crippen LogP contribution in [0.3, 0.4) is 0 Å². The highest BCUT2D eigenvalue weighted by Gasteiger charge is 2.16. The van der Waals surface area contributed by atoms with Gasteiger partial charge in [0.25, 0.3) is 5.91 Å². The van der Waals surface area contributed by atoms with E-state index in [4.69, 9.17) is 26.8 Å². The van der Waals surface area contributed by atoms with Crippen molar-refractivity contribution in [3.63, 3.8) is 0 Å². The molecule has 1 aliphatic rings. The lowest BCUT2D eigenvalue weighted by Gasteiger charge is -2.23. The molecule has 3 aromatic rings. The molecule has 0 aliphatic heterocycles. The van der Waals surface area contributed by atoms with E-state index in [-0.39, 0.29) is 5.91 Å². The van der Waals surface area contributed by atoms with Gasteiger partial charge in [0.15, 0.2) is 0 Å². The molecule has 4 rings (SSSR count). The largest absolute Gasteiger partial charge is 0.378 e. The first-order valence-corrected chi connectivity index (χ1v) is 14.9. The number of nitrogens with two attached hydrogens (primary N) is 1. The average molecular weight is 597 g/mol. The summed E-state index contributed by atoms with van der Waals surface area (Å²) >= 11 is 6.02. The smallest absolute Gasteiger partial charge is 0.251 e. The lowest BCUT2D eigenvalue weighted by Crippen LogP contribution is -2.27. The summed E-state index contributed by atoms with van der Waals surface area (Å²) in [4.78, 5) is 26.3. The molecular formula is C30H41ClN8O3. The Morgan fingerprint density at radius 2 is 1.36 bits per heavy atom. The topological polar surface area (TPSA) is 148 Å². The Balaban J connectivity index is 1.29. The van der Waals surface area contributed by atoms with Crippen molar-refractivity contribution in [2.24, 2.45) is 5.73 Å². The van der Waals surface area contributed by atoms with Crippen molar-refractivity contribution in [3.05, 3.63) is 70.2 Å². The molecule has 1 aromatic heterocycles. The van der Waals surface area contributed by atoms with Gasteiger partial charge in [0.05, 0.1) is 26.4 Å². The highest BCUT2D eigenvalue weighted by Crippen LogP contribution is 2.21. The number of nitrogens with zero attached hydrogens (tertiary/aromatic N) is 3. The number of halogens is 1. The summed E-state index contributed by atoms with van der Waals surface area (Å²) in [5.41, 5.74) is 8.01. The SMILES string of the molecule is NCCOCCOCCNC(=O)c1ccc(CNc2nc(NCc3ccc(Cl)cc3)nc(NC3CCCCC3)n2)cc1. The fourth-order valence-corrected chi connectivity index (χ4v) is 4.64. The third-order valence-corrected chi connectivity index (χ3v) is 7.02. The Morgan fingerprint density at radius 3 is 1.98 bits per heavy atom. The van der Waals surface area contributed by atoms with Crippen LogP contribution in [0.2, 0.25) is 5.02 Å². The summed E-state index contributed by atoms with van der Waals surface area (Å²) in [5.74, 6) is 1.36. The number of ether oxygens (including phenoxy) is 2. The number of anilines is 3. The first-order chi connectivity index (χ1) is 20.6. The number of benzene rings is 2. The number of aromatic nitrogens is 3. The number of nitrogens with one attached hydrogen (secondary N) is 4. The maximum atomic E-state index is 12.5. The molecule has 0 unspecified atom stereocenters. The van der Waals surface area contributed by atoms with Gasteiger partial charge >= 0.3 is 0 Å². The molecule has 1 fully saturated rings. The summed E-state index contributed by atoms with van der Waals surface area (Å²) in [6, 6.07) is 15.4. The van der Waals surface area contributed by atoms with Gasteiger partial charge in [-0.05, 0) is 48.2 Å². The molecule has 1 aliphatic carbocycles. The van der Waals surface area contributed by atoms with Gasteiger partial charge in [-0.3, -0.25) is 4.79 Å². The van der Waals surface area contributed by atoms with E-state index in [0.29, 0.717) is 87.1 Å². The van der Waals surface area contributed by atoms with Crippen LogP contribution in [0, 0.1) is 0 Å². The van der Waals surface area contributed by atoms with Gasteiger partial charge in [0.1, 0.15) is 0 Å². The van der Waals surface area contributed by atoms with Gasteiger partial charge in [-0.25, -0.2) is 0 Å². The van der Waals surface area contributed by atoms with Crippen molar-refractivity contribution in [1.29, 1.82) is 0 Å². The second kappa shape index (κ2) is 17.4. The summed E-state index contributed by atoms with van der Waals surface area (Å²) < 4.78 is 10.7. The molecule has 0 atom stereocenters. The van der Waals surface area contributed by atoms with Crippen LogP contribution in [0.15, 0.2) is 48.5 Å². The Hall–Kier alpha value is -3.51. The highest BCUT2D eigenvalue weighted by molar-refractivity contribution is 6.30. The number of amides is 1. The zero-order valence-electron chi connectivity index (χ0n) is 23.9. The van der Waals surface area contributed by atoms with Crippen molar-refractivity contribution in [3.8, 4) is 0 Å². The summed E-state index contributed by atoms with van der Waals surface area (Å²) in [7, 11) is 0. The van der Waals surface area contributed by atoms with E-state index in [0.717, 1.165) is 24.0 Å². The normalized spacial score (nSPS) is 13.5. The van der Waals surface area contributed by atoms with E-state index >= 15 is 0 Å². The molecule has 42 heavy (non-hydrogen) atoms. The number of hydrogen-bond acceptors (Lipinski definition) is 10. The van der Waals surface area contributed by atoms with Crippen LogP contribution in [0.25, 0.3) is 0 Å². The molecule has 1 heterocycles.